The highest BCUT2D eigenvalue weighted by atomic mass is 16.5. The minimum Gasteiger partial charge on any atom is -0.378 e. The molecule has 2 fully saturated rings. The van der Waals surface area contributed by atoms with E-state index in [1.807, 2.05) is 7.05 Å². The lowest BCUT2D eigenvalue weighted by molar-refractivity contribution is -0.172. The third-order valence-corrected chi connectivity index (χ3v) is 6.27. The Labute approximate surface area is 135 Å². The highest BCUT2D eigenvalue weighted by molar-refractivity contribution is 5.79. The Hall–Kier alpha value is -0.830. The van der Waals surface area contributed by atoms with Crippen LogP contribution in [-0.2, 0) is 9.53 Å². The van der Waals surface area contributed by atoms with Gasteiger partial charge in [-0.3, -0.25) is 4.79 Å². The van der Waals surface area contributed by atoms with E-state index < -0.39 is 0 Å². The molecule has 124 valence electrons. The fraction of sp³-hybridized carbons (Fsp3) is 0.842. The first-order valence-electron chi connectivity index (χ1n) is 9.22. The van der Waals surface area contributed by atoms with Crippen LogP contribution in [0.4, 0.5) is 0 Å². The second kappa shape index (κ2) is 6.74. The third kappa shape index (κ3) is 2.84. The number of carbonyl (C=O) groups excluding carboxylic acids is 1. The molecule has 1 amide bonds. The maximum atomic E-state index is 12.7. The van der Waals surface area contributed by atoms with Crippen molar-refractivity contribution >= 4 is 5.91 Å². The first kappa shape index (κ1) is 16.0. The van der Waals surface area contributed by atoms with Crippen LogP contribution in [0.3, 0.4) is 0 Å². The van der Waals surface area contributed by atoms with Gasteiger partial charge >= 0.3 is 0 Å². The normalized spacial score (nSPS) is 30.0. The first-order chi connectivity index (χ1) is 10.7. The van der Waals surface area contributed by atoms with Crippen molar-refractivity contribution in [2.45, 2.75) is 83.3 Å². The van der Waals surface area contributed by atoms with E-state index in [-0.39, 0.29) is 5.41 Å². The van der Waals surface area contributed by atoms with Gasteiger partial charge in [-0.25, -0.2) is 0 Å². The van der Waals surface area contributed by atoms with Crippen LogP contribution < -0.4 is 0 Å². The lowest BCUT2D eigenvalue weighted by atomic mass is 9.60. The molecule has 0 aromatic rings. The van der Waals surface area contributed by atoms with Gasteiger partial charge in [0.1, 0.15) is 0 Å². The van der Waals surface area contributed by atoms with E-state index in [1.54, 1.807) is 0 Å². The van der Waals surface area contributed by atoms with E-state index in [9.17, 15) is 4.79 Å². The number of hydrogen-bond donors (Lipinski definition) is 0. The number of rotatable bonds is 5. The minimum atomic E-state index is 0.265. The molecular formula is C19H31NO2. The number of carbonyl (C=O) groups is 1. The van der Waals surface area contributed by atoms with E-state index in [1.165, 1.54) is 44.1 Å². The van der Waals surface area contributed by atoms with Crippen molar-refractivity contribution in [1.82, 2.24) is 4.90 Å². The number of amides is 1. The molecule has 22 heavy (non-hydrogen) atoms. The molecule has 0 aliphatic heterocycles. The fourth-order valence-corrected chi connectivity index (χ4v) is 4.95. The van der Waals surface area contributed by atoms with Crippen molar-refractivity contribution in [2.24, 2.45) is 5.41 Å². The predicted molar refractivity (Wildman–Crippen MR) is 88.7 cm³/mol. The van der Waals surface area contributed by atoms with Gasteiger partial charge in [0.05, 0.1) is 6.10 Å². The molecule has 2 saturated carbocycles. The number of ether oxygens (including phenoxy) is 1. The van der Waals surface area contributed by atoms with Crippen LogP contribution in [0.15, 0.2) is 11.6 Å². The van der Waals surface area contributed by atoms with Crippen molar-refractivity contribution in [3.05, 3.63) is 11.6 Å². The summed E-state index contributed by atoms with van der Waals surface area (Å²) in [5.41, 5.74) is 1.63. The molecular weight excluding hydrogens is 274 g/mol. The second-order valence-corrected chi connectivity index (χ2v) is 7.43. The van der Waals surface area contributed by atoms with Crippen LogP contribution in [0.5, 0.6) is 0 Å². The molecule has 0 aromatic carbocycles. The lowest BCUT2D eigenvalue weighted by Crippen LogP contribution is -2.64. The van der Waals surface area contributed by atoms with Gasteiger partial charge in [0.25, 0.3) is 0 Å². The average Bonchev–Trinajstić information content (AvgIpc) is 3.04. The van der Waals surface area contributed by atoms with Crippen LogP contribution in [-0.4, -0.2) is 36.6 Å². The summed E-state index contributed by atoms with van der Waals surface area (Å²) in [7, 11) is 2.03. The molecule has 3 heteroatoms. The highest BCUT2D eigenvalue weighted by Gasteiger charge is 2.58. The fourth-order valence-electron chi connectivity index (χ4n) is 4.95. The van der Waals surface area contributed by atoms with Crippen molar-refractivity contribution < 1.29 is 9.53 Å². The molecule has 3 rings (SSSR count). The maximum absolute atomic E-state index is 12.7. The smallest absolute Gasteiger partial charge is 0.226 e. The summed E-state index contributed by atoms with van der Waals surface area (Å²) in [6, 6.07) is 0.406. The van der Waals surface area contributed by atoms with Gasteiger partial charge < -0.3 is 9.64 Å². The van der Waals surface area contributed by atoms with Crippen LogP contribution in [0.25, 0.3) is 0 Å². The van der Waals surface area contributed by atoms with Crippen LogP contribution in [0, 0.1) is 5.41 Å². The number of allylic oxidation sites excluding steroid dienone is 1. The molecule has 0 heterocycles. The maximum Gasteiger partial charge on any atom is 0.226 e. The quantitative estimate of drug-likeness (QED) is 0.716. The molecule has 3 aliphatic carbocycles. The Morgan fingerprint density at radius 2 is 2.09 bits per heavy atom. The van der Waals surface area contributed by atoms with Crippen LogP contribution >= 0.6 is 0 Å². The van der Waals surface area contributed by atoms with E-state index in [2.05, 4.69) is 17.9 Å². The summed E-state index contributed by atoms with van der Waals surface area (Å²) < 4.78 is 5.98. The third-order valence-electron chi connectivity index (χ3n) is 6.27. The number of nitrogens with zero attached hydrogens (tertiary/aromatic N) is 1. The first-order valence-corrected chi connectivity index (χ1v) is 9.22. The van der Waals surface area contributed by atoms with E-state index in [0.717, 1.165) is 25.9 Å². The topological polar surface area (TPSA) is 29.5 Å². The average molecular weight is 305 g/mol. The van der Waals surface area contributed by atoms with Crippen molar-refractivity contribution in [2.75, 3.05) is 13.7 Å². The molecule has 2 atom stereocenters. The SMILES string of the molecule is CCO[C@H]1C[C@H](N(C)C(=O)CC2=CCCCC2)C12CCCC2. The summed E-state index contributed by atoms with van der Waals surface area (Å²) in [5, 5.41) is 0. The molecule has 0 unspecified atom stereocenters. The zero-order chi connectivity index (χ0) is 15.6. The van der Waals surface area contributed by atoms with Gasteiger partial charge in [-0.05, 0) is 51.9 Å². The van der Waals surface area contributed by atoms with Gasteiger partial charge in [0.2, 0.25) is 5.91 Å². The standard InChI is InChI=1S/C19H31NO2/c1-3-22-17-14-16(19(17)11-7-8-12-19)20(2)18(21)13-15-9-5-4-6-10-15/h9,16-17H,3-8,10-14H2,1-2H3/t16-,17-/m0/s1. The van der Waals surface area contributed by atoms with Gasteiger partial charge in [-0.1, -0.05) is 24.5 Å². The summed E-state index contributed by atoms with van der Waals surface area (Å²) in [6.07, 6.45) is 14.3. The molecule has 3 nitrogen and oxygen atoms in total. The molecule has 0 saturated heterocycles. The Morgan fingerprint density at radius 1 is 1.32 bits per heavy atom. The van der Waals surface area contributed by atoms with E-state index in [0.29, 0.717) is 24.5 Å². The Morgan fingerprint density at radius 3 is 2.73 bits per heavy atom. The van der Waals surface area contributed by atoms with E-state index in [4.69, 9.17) is 4.74 Å². The molecule has 1 spiro atoms. The molecule has 0 bridgehead atoms. The number of hydrogen-bond acceptors (Lipinski definition) is 2. The minimum absolute atomic E-state index is 0.265. The van der Waals surface area contributed by atoms with Gasteiger partial charge in [-0.15, -0.1) is 0 Å². The van der Waals surface area contributed by atoms with Gasteiger partial charge in [0, 0.05) is 31.5 Å². The Bertz CT molecular complexity index is 437. The largest absolute Gasteiger partial charge is 0.378 e. The Kier molecular flexibility index (Phi) is 4.91. The van der Waals surface area contributed by atoms with Crippen molar-refractivity contribution in [3.8, 4) is 0 Å². The molecule has 0 radical (unpaired) electrons. The van der Waals surface area contributed by atoms with Crippen molar-refractivity contribution in [3.63, 3.8) is 0 Å². The van der Waals surface area contributed by atoms with Crippen molar-refractivity contribution in [1.29, 1.82) is 0 Å². The zero-order valence-corrected chi connectivity index (χ0v) is 14.3. The van der Waals surface area contributed by atoms with Crippen LogP contribution in [0.1, 0.15) is 71.1 Å². The lowest BCUT2D eigenvalue weighted by Gasteiger charge is -2.57. The summed E-state index contributed by atoms with van der Waals surface area (Å²) in [4.78, 5) is 14.8. The zero-order valence-electron chi connectivity index (χ0n) is 14.3. The molecule has 0 aromatic heterocycles. The second-order valence-electron chi connectivity index (χ2n) is 7.43. The highest BCUT2D eigenvalue weighted by Crippen LogP contribution is 2.56. The Balaban J connectivity index is 1.63. The van der Waals surface area contributed by atoms with Gasteiger partial charge in [-0.2, -0.15) is 0 Å². The monoisotopic (exact) mass is 305 g/mol. The predicted octanol–water partition coefficient (Wildman–Crippen LogP) is 4.07. The summed E-state index contributed by atoms with van der Waals surface area (Å²) >= 11 is 0. The summed E-state index contributed by atoms with van der Waals surface area (Å²) in [5.74, 6) is 0.319. The molecule has 0 N–H and O–H groups in total. The van der Waals surface area contributed by atoms with Crippen LogP contribution in [0.2, 0.25) is 0 Å². The van der Waals surface area contributed by atoms with Gasteiger partial charge in [0.15, 0.2) is 0 Å². The summed E-state index contributed by atoms with van der Waals surface area (Å²) in [6.45, 7) is 2.88. The molecule has 3 aliphatic rings. The van der Waals surface area contributed by atoms with E-state index >= 15 is 0 Å².